The number of para-hydroxylation sites is 1. The Bertz CT molecular complexity index is 936. The molecule has 0 fully saturated rings. The van der Waals surface area contributed by atoms with Gasteiger partial charge in [-0.1, -0.05) is 48.5 Å². The molecule has 4 heteroatoms. The number of imidazole rings is 1. The summed E-state index contributed by atoms with van der Waals surface area (Å²) in [6.45, 7) is 0. The summed E-state index contributed by atoms with van der Waals surface area (Å²) in [5.74, 6) is 0.953. The van der Waals surface area contributed by atoms with E-state index < -0.39 is 0 Å². The molecule has 120 valence electrons. The fraction of sp³-hybridized carbons (Fsp3) is 0.100. The van der Waals surface area contributed by atoms with Crippen LogP contribution in [0.15, 0.2) is 67.0 Å². The molecular weight excluding hydrogens is 296 g/mol. The number of nitrogens with zero attached hydrogens (tertiary/aromatic N) is 1. The van der Waals surface area contributed by atoms with Crippen LogP contribution in [0.4, 0.5) is 0 Å². The van der Waals surface area contributed by atoms with Gasteiger partial charge in [-0.3, -0.25) is 0 Å². The molecule has 4 N–H and O–H groups in total. The SMILES string of the molecule is [CH2-][NH2+][C@H](Cc1c[nH]c2ccccc12)c1ncc(-c2ccccc2)[nH]1. The Kier molecular flexibility index (Phi) is 3.89. The fourth-order valence-electron chi connectivity index (χ4n) is 3.12. The Morgan fingerprint density at radius 1 is 1.04 bits per heavy atom. The molecule has 4 aromatic rings. The van der Waals surface area contributed by atoms with E-state index in [0.717, 1.165) is 23.5 Å². The van der Waals surface area contributed by atoms with Crippen LogP contribution in [0.2, 0.25) is 0 Å². The lowest BCUT2D eigenvalue weighted by Gasteiger charge is -2.14. The highest BCUT2D eigenvalue weighted by molar-refractivity contribution is 5.83. The highest BCUT2D eigenvalue weighted by Gasteiger charge is 2.18. The maximum Gasteiger partial charge on any atom is 0.163 e. The van der Waals surface area contributed by atoms with E-state index in [-0.39, 0.29) is 6.04 Å². The Labute approximate surface area is 141 Å². The van der Waals surface area contributed by atoms with Gasteiger partial charge in [-0.25, -0.2) is 4.98 Å². The number of fused-ring (bicyclic) bond motifs is 1. The van der Waals surface area contributed by atoms with Gasteiger partial charge in [0.05, 0.1) is 11.9 Å². The second-order valence-corrected chi connectivity index (χ2v) is 5.95. The van der Waals surface area contributed by atoms with Crippen LogP contribution in [-0.4, -0.2) is 15.0 Å². The zero-order valence-electron chi connectivity index (χ0n) is 13.4. The molecule has 0 amide bonds. The van der Waals surface area contributed by atoms with E-state index >= 15 is 0 Å². The predicted molar refractivity (Wildman–Crippen MR) is 96.0 cm³/mol. The minimum Gasteiger partial charge on any atom is -0.470 e. The molecule has 2 aromatic carbocycles. The van der Waals surface area contributed by atoms with Crippen molar-refractivity contribution < 1.29 is 5.32 Å². The number of rotatable bonds is 5. The van der Waals surface area contributed by atoms with Gasteiger partial charge in [-0.2, -0.15) is 7.05 Å². The third kappa shape index (κ3) is 2.72. The van der Waals surface area contributed by atoms with E-state index in [9.17, 15) is 0 Å². The Morgan fingerprint density at radius 2 is 1.83 bits per heavy atom. The number of nitrogens with two attached hydrogens (primary N) is 1. The number of aromatic amines is 2. The molecule has 2 aromatic heterocycles. The Hall–Kier alpha value is -2.85. The van der Waals surface area contributed by atoms with E-state index in [0.29, 0.717) is 0 Å². The first-order chi connectivity index (χ1) is 11.8. The van der Waals surface area contributed by atoms with Crippen molar-refractivity contribution >= 4 is 10.9 Å². The standard InChI is InChI=1S/C20H20N4/c1-21-18(11-15-12-22-17-10-6-5-9-16(15)17)20-23-13-19(24-20)14-7-3-2-4-8-14/h2-10,12-13,18,22H,1,11,21H2,(H,23,24)/t18-/m1/s1. The lowest BCUT2D eigenvalue weighted by Crippen LogP contribution is -2.79. The molecule has 1 atom stereocenters. The second-order valence-electron chi connectivity index (χ2n) is 5.95. The first-order valence-electron chi connectivity index (χ1n) is 8.13. The van der Waals surface area contributed by atoms with Gasteiger partial charge in [0, 0.05) is 23.5 Å². The molecule has 0 aliphatic rings. The maximum atomic E-state index is 4.59. The summed E-state index contributed by atoms with van der Waals surface area (Å²) in [7, 11) is 4.01. The summed E-state index contributed by atoms with van der Waals surface area (Å²) < 4.78 is 0. The normalized spacial score (nSPS) is 12.5. The van der Waals surface area contributed by atoms with Crippen molar-refractivity contribution in [1.29, 1.82) is 0 Å². The zero-order valence-corrected chi connectivity index (χ0v) is 13.4. The number of nitrogens with one attached hydrogen (secondary N) is 2. The van der Waals surface area contributed by atoms with Crippen LogP contribution in [0.25, 0.3) is 22.2 Å². The van der Waals surface area contributed by atoms with Gasteiger partial charge < -0.3 is 15.3 Å². The number of aromatic nitrogens is 3. The van der Waals surface area contributed by atoms with Crippen molar-refractivity contribution in [2.45, 2.75) is 12.5 Å². The largest absolute Gasteiger partial charge is 0.470 e. The van der Waals surface area contributed by atoms with Crippen LogP contribution < -0.4 is 5.32 Å². The molecular formula is C20H20N4. The van der Waals surface area contributed by atoms with Gasteiger partial charge >= 0.3 is 0 Å². The van der Waals surface area contributed by atoms with Gasteiger partial charge in [0.25, 0.3) is 0 Å². The Balaban J connectivity index is 1.61. The summed E-state index contributed by atoms with van der Waals surface area (Å²) in [4.78, 5) is 11.4. The van der Waals surface area contributed by atoms with E-state index in [1.54, 1.807) is 0 Å². The Morgan fingerprint density at radius 3 is 2.67 bits per heavy atom. The molecule has 0 saturated heterocycles. The second kappa shape index (κ2) is 6.34. The third-order valence-electron chi connectivity index (χ3n) is 4.43. The molecule has 24 heavy (non-hydrogen) atoms. The zero-order chi connectivity index (χ0) is 16.4. The third-order valence-corrected chi connectivity index (χ3v) is 4.43. The molecule has 0 radical (unpaired) electrons. The van der Waals surface area contributed by atoms with Crippen LogP contribution in [0.1, 0.15) is 17.4 Å². The molecule has 0 spiro atoms. The molecule has 0 bridgehead atoms. The molecule has 0 aliphatic heterocycles. The predicted octanol–water partition coefficient (Wildman–Crippen LogP) is 3.20. The van der Waals surface area contributed by atoms with Crippen LogP contribution >= 0.6 is 0 Å². The summed E-state index contributed by atoms with van der Waals surface area (Å²) in [6, 6.07) is 18.8. The van der Waals surface area contributed by atoms with Crippen molar-refractivity contribution in [2.75, 3.05) is 0 Å². The topological polar surface area (TPSA) is 61.1 Å². The monoisotopic (exact) mass is 316 g/mol. The number of hydrogen-bond acceptors (Lipinski definition) is 1. The molecule has 0 unspecified atom stereocenters. The number of H-pyrrole nitrogens is 2. The molecule has 4 rings (SSSR count). The minimum absolute atomic E-state index is 0.154. The first-order valence-corrected chi connectivity index (χ1v) is 8.13. The van der Waals surface area contributed by atoms with Crippen molar-refractivity contribution in [3.05, 3.63) is 85.4 Å². The van der Waals surface area contributed by atoms with Gasteiger partial charge in [0.1, 0.15) is 6.04 Å². The lowest BCUT2D eigenvalue weighted by molar-refractivity contribution is -0.641. The lowest BCUT2D eigenvalue weighted by atomic mass is 10.0. The van der Waals surface area contributed by atoms with E-state index in [1.807, 2.05) is 35.8 Å². The fourth-order valence-corrected chi connectivity index (χ4v) is 3.12. The average molecular weight is 316 g/mol. The number of quaternary nitrogens is 1. The van der Waals surface area contributed by atoms with Crippen molar-refractivity contribution in [1.82, 2.24) is 15.0 Å². The first kappa shape index (κ1) is 14.7. The highest BCUT2D eigenvalue weighted by Crippen LogP contribution is 2.23. The number of hydrogen-bond donors (Lipinski definition) is 3. The van der Waals surface area contributed by atoms with Crippen LogP contribution in [0, 0.1) is 7.05 Å². The van der Waals surface area contributed by atoms with Gasteiger partial charge in [0.15, 0.2) is 5.82 Å². The van der Waals surface area contributed by atoms with Gasteiger partial charge in [0.2, 0.25) is 0 Å². The van der Waals surface area contributed by atoms with Crippen molar-refractivity contribution in [2.24, 2.45) is 0 Å². The van der Waals surface area contributed by atoms with E-state index in [1.165, 1.54) is 16.5 Å². The summed E-state index contributed by atoms with van der Waals surface area (Å²) >= 11 is 0. The minimum atomic E-state index is 0.154. The smallest absolute Gasteiger partial charge is 0.163 e. The van der Waals surface area contributed by atoms with Crippen LogP contribution in [0.5, 0.6) is 0 Å². The van der Waals surface area contributed by atoms with Crippen LogP contribution in [-0.2, 0) is 6.42 Å². The van der Waals surface area contributed by atoms with Crippen LogP contribution in [0.3, 0.4) is 0 Å². The van der Waals surface area contributed by atoms with Crippen molar-refractivity contribution in [3.8, 4) is 11.3 Å². The van der Waals surface area contributed by atoms with Crippen molar-refractivity contribution in [3.63, 3.8) is 0 Å². The summed E-state index contributed by atoms with van der Waals surface area (Å²) in [6.07, 6.45) is 4.86. The maximum absolute atomic E-state index is 4.59. The molecule has 0 aliphatic carbocycles. The van der Waals surface area contributed by atoms with Gasteiger partial charge in [-0.05, 0) is 17.2 Å². The quantitative estimate of drug-likeness (QED) is 0.487. The van der Waals surface area contributed by atoms with E-state index in [4.69, 9.17) is 0 Å². The molecule has 0 saturated carbocycles. The van der Waals surface area contributed by atoms with E-state index in [2.05, 4.69) is 58.5 Å². The molecule has 4 nitrogen and oxygen atoms in total. The highest BCUT2D eigenvalue weighted by atomic mass is 15.0. The number of benzene rings is 2. The average Bonchev–Trinajstić information content (AvgIpc) is 3.28. The van der Waals surface area contributed by atoms with Gasteiger partial charge in [-0.15, -0.1) is 0 Å². The molecule has 2 heterocycles. The summed E-state index contributed by atoms with van der Waals surface area (Å²) in [5, 5.41) is 3.23. The summed E-state index contributed by atoms with van der Waals surface area (Å²) in [5.41, 5.74) is 4.63.